The van der Waals surface area contributed by atoms with Gasteiger partial charge in [0.15, 0.2) is 0 Å². The van der Waals surface area contributed by atoms with Crippen LogP contribution in [0.5, 0.6) is 0 Å². The van der Waals surface area contributed by atoms with E-state index in [1.165, 1.54) is 65.1 Å². The molecule has 170 valence electrons. The van der Waals surface area contributed by atoms with E-state index in [2.05, 4.69) is 88.6 Å². The minimum absolute atomic E-state index is 0.194. The van der Waals surface area contributed by atoms with Crippen LogP contribution >= 0.6 is 0 Å². The first kappa shape index (κ1) is 22.0. The number of unbranched alkanes of at least 4 members (excludes halogenated alkanes) is 5. The average molecular weight is 448 g/mol. The van der Waals surface area contributed by atoms with Crippen LogP contribution in [0.4, 0.5) is 5.95 Å². The molecule has 0 atom stereocenters. The summed E-state index contributed by atoms with van der Waals surface area (Å²) in [6.45, 7) is 3.02. The predicted molar refractivity (Wildman–Crippen MR) is 143 cm³/mol. The number of aromatic nitrogens is 2. The summed E-state index contributed by atoms with van der Waals surface area (Å²) in [5.74, 6) is 6.88. The zero-order chi connectivity index (χ0) is 23.3. The number of nitrogens with one attached hydrogen (secondary N) is 2. The average Bonchev–Trinajstić information content (AvgIpc) is 2.85. The molecule has 0 saturated carbocycles. The number of nitrogens with zero attached hydrogens (tertiary/aromatic N) is 1. The van der Waals surface area contributed by atoms with Crippen molar-refractivity contribution in [3.63, 3.8) is 0 Å². The third-order valence-electron chi connectivity index (χ3n) is 6.42. The highest BCUT2D eigenvalue weighted by Gasteiger charge is 2.09. The van der Waals surface area contributed by atoms with E-state index in [0.29, 0.717) is 11.6 Å². The summed E-state index contributed by atoms with van der Waals surface area (Å²) in [6.07, 6.45) is 7.35. The lowest BCUT2D eigenvalue weighted by molar-refractivity contribution is 0.616. The van der Waals surface area contributed by atoms with Gasteiger partial charge in [-0.05, 0) is 50.7 Å². The van der Waals surface area contributed by atoms with Gasteiger partial charge in [0, 0.05) is 18.2 Å². The van der Waals surface area contributed by atoms with Gasteiger partial charge in [0.2, 0.25) is 5.95 Å². The zero-order valence-electron chi connectivity index (χ0n) is 19.6. The molecule has 0 aliphatic carbocycles. The van der Waals surface area contributed by atoms with Crippen LogP contribution in [0.3, 0.4) is 0 Å². The summed E-state index contributed by atoms with van der Waals surface area (Å²) in [5.41, 5.74) is 1.22. The molecule has 0 aliphatic rings. The molecule has 5 rings (SSSR count). The molecule has 4 nitrogen and oxygen atoms in total. The number of hydrogen-bond donors (Lipinski definition) is 2. The lowest BCUT2D eigenvalue weighted by Crippen LogP contribution is -2.14. The van der Waals surface area contributed by atoms with E-state index in [9.17, 15) is 4.79 Å². The summed E-state index contributed by atoms with van der Waals surface area (Å²) in [5, 5.41) is 10.6. The van der Waals surface area contributed by atoms with Crippen LogP contribution in [0.15, 0.2) is 65.5 Å². The molecule has 0 amide bonds. The van der Waals surface area contributed by atoms with E-state index < -0.39 is 0 Å². The van der Waals surface area contributed by atoms with Crippen LogP contribution in [-0.4, -0.2) is 16.5 Å². The van der Waals surface area contributed by atoms with E-state index in [4.69, 9.17) is 0 Å². The van der Waals surface area contributed by atoms with Crippen molar-refractivity contribution in [1.29, 1.82) is 0 Å². The Morgan fingerprint density at radius 2 is 1.53 bits per heavy atom. The van der Waals surface area contributed by atoms with Gasteiger partial charge in [-0.1, -0.05) is 93.5 Å². The molecule has 4 heteroatoms. The molecule has 0 spiro atoms. The monoisotopic (exact) mass is 447 g/mol. The lowest BCUT2D eigenvalue weighted by atomic mass is 9.92. The maximum atomic E-state index is 12.2. The molecule has 0 aliphatic heterocycles. The van der Waals surface area contributed by atoms with Crippen molar-refractivity contribution in [3.05, 3.63) is 82.3 Å². The second-order valence-electron chi connectivity index (χ2n) is 8.89. The minimum Gasteiger partial charge on any atom is -0.356 e. The minimum atomic E-state index is -0.194. The first-order valence-electron chi connectivity index (χ1n) is 12.3. The molecule has 0 bridgehead atoms. The fourth-order valence-electron chi connectivity index (χ4n) is 4.69. The van der Waals surface area contributed by atoms with Crippen molar-refractivity contribution in [2.45, 2.75) is 45.4 Å². The van der Waals surface area contributed by atoms with Crippen molar-refractivity contribution in [3.8, 4) is 11.8 Å². The Hall–Kier alpha value is -3.84. The molecule has 34 heavy (non-hydrogen) atoms. The molecular formula is C30H29N3O. The molecular weight excluding hydrogens is 418 g/mol. The number of benzene rings is 4. The molecule has 0 unspecified atom stereocenters. The number of hydrogen-bond acceptors (Lipinski definition) is 3. The normalized spacial score (nSPS) is 11.2. The first-order valence-corrected chi connectivity index (χ1v) is 12.3. The van der Waals surface area contributed by atoms with Gasteiger partial charge in [0.1, 0.15) is 5.69 Å². The zero-order valence-corrected chi connectivity index (χ0v) is 19.6. The van der Waals surface area contributed by atoms with E-state index in [1.54, 1.807) is 0 Å². The highest BCUT2D eigenvalue weighted by molar-refractivity contribution is 6.23. The number of rotatable bonds is 8. The van der Waals surface area contributed by atoms with Crippen molar-refractivity contribution >= 4 is 38.3 Å². The number of anilines is 1. The van der Waals surface area contributed by atoms with Gasteiger partial charge in [0.25, 0.3) is 5.56 Å². The molecule has 5 aromatic rings. The Kier molecular flexibility index (Phi) is 6.44. The van der Waals surface area contributed by atoms with Crippen molar-refractivity contribution in [2.75, 3.05) is 11.9 Å². The topological polar surface area (TPSA) is 57.8 Å². The predicted octanol–water partition coefficient (Wildman–Crippen LogP) is 6.84. The van der Waals surface area contributed by atoms with Crippen LogP contribution in [0.2, 0.25) is 0 Å². The molecule has 0 radical (unpaired) electrons. The summed E-state index contributed by atoms with van der Waals surface area (Å²) < 4.78 is 0. The van der Waals surface area contributed by atoms with Crippen LogP contribution in [0.25, 0.3) is 32.3 Å². The third-order valence-corrected chi connectivity index (χ3v) is 6.42. The SMILES string of the molecule is CCCCCCCCNc1nc(C#Cc2ccc3ccc4cccc5ccc2c3c45)cc(=O)[nH]1. The maximum Gasteiger partial charge on any atom is 0.253 e. The Morgan fingerprint density at radius 3 is 2.35 bits per heavy atom. The molecule has 4 aromatic carbocycles. The van der Waals surface area contributed by atoms with Crippen molar-refractivity contribution in [2.24, 2.45) is 0 Å². The molecule has 0 fully saturated rings. The lowest BCUT2D eigenvalue weighted by Gasteiger charge is -2.11. The summed E-state index contributed by atoms with van der Waals surface area (Å²) in [7, 11) is 0. The fraction of sp³-hybridized carbons (Fsp3) is 0.267. The van der Waals surface area contributed by atoms with Crippen molar-refractivity contribution in [1.82, 2.24) is 9.97 Å². The van der Waals surface area contributed by atoms with Gasteiger partial charge in [-0.15, -0.1) is 0 Å². The van der Waals surface area contributed by atoms with Gasteiger partial charge in [-0.25, -0.2) is 4.98 Å². The van der Waals surface area contributed by atoms with E-state index >= 15 is 0 Å². The smallest absolute Gasteiger partial charge is 0.253 e. The van der Waals surface area contributed by atoms with Crippen LogP contribution in [0.1, 0.15) is 56.7 Å². The van der Waals surface area contributed by atoms with E-state index in [0.717, 1.165) is 23.9 Å². The highest BCUT2D eigenvalue weighted by Crippen LogP contribution is 2.35. The van der Waals surface area contributed by atoms with Gasteiger partial charge in [0.05, 0.1) is 0 Å². The Labute approximate surface area is 199 Å². The number of H-pyrrole nitrogens is 1. The number of aromatic amines is 1. The van der Waals surface area contributed by atoms with E-state index in [1.807, 2.05) is 0 Å². The van der Waals surface area contributed by atoms with Gasteiger partial charge in [-0.3, -0.25) is 9.78 Å². The quantitative estimate of drug-likeness (QED) is 0.156. The Balaban J connectivity index is 1.39. The van der Waals surface area contributed by atoms with Crippen LogP contribution < -0.4 is 10.9 Å². The summed E-state index contributed by atoms with van der Waals surface area (Å²) >= 11 is 0. The summed E-state index contributed by atoms with van der Waals surface area (Å²) in [6, 6.07) is 20.7. The van der Waals surface area contributed by atoms with Gasteiger partial charge < -0.3 is 5.32 Å². The van der Waals surface area contributed by atoms with Gasteiger partial charge >= 0.3 is 0 Å². The second-order valence-corrected chi connectivity index (χ2v) is 8.89. The largest absolute Gasteiger partial charge is 0.356 e. The highest BCUT2D eigenvalue weighted by atomic mass is 16.1. The van der Waals surface area contributed by atoms with Crippen LogP contribution in [-0.2, 0) is 0 Å². The molecule has 1 aromatic heterocycles. The Bertz CT molecular complexity index is 1540. The summed E-state index contributed by atoms with van der Waals surface area (Å²) in [4.78, 5) is 19.5. The fourth-order valence-corrected chi connectivity index (χ4v) is 4.69. The Morgan fingerprint density at radius 1 is 0.824 bits per heavy atom. The van der Waals surface area contributed by atoms with E-state index in [-0.39, 0.29) is 5.56 Å². The van der Waals surface area contributed by atoms with Gasteiger partial charge in [-0.2, -0.15) is 0 Å². The van der Waals surface area contributed by atoms with Crippen LogP contribution in [0, 0.1) is 11.8 Å². The third kappa shape index (κ3) is 4.61. The first-order chi connectivity index (χ1) is 16.7. The molecule has 2 N–H and O–H groups in total. The standard InChI is InChI=1S/C30H29N3O/c1-2-3-4-5-6-7-19-31-30-32-25(20-27(34)33-30)17-15-21-11-12-24-14-13-22-9-8-10-23-16-18-26(21)29(24)28(22)23/h8-14,16,18,20H,2-7,19H2,1H3,(H2,31,32,33,34). The molecule has 1 heterocycles. The van der Waals surface area contributed by atoms with Crippen molar-refractivity contribution < 1.29 is 0 Å². The maximum absolute atomic E-state index is 12.2. The second kappa shape index (κ2) is 9.97. The molecule has 0 saturated heterocycles.